The normalized spacial score (nSPS) is 14.9. The second-order valence-corrected chi connectivity index (χ2v) is 3.67. The Morgan fingerprint density at radius 2 is 2.14 bits per heavy atom. The fourth-order valence-electron chi connectivity index (χ4n) is 1.02. The highest BCUT2D eigenvalue weighted by atomic mass is 35.5. The molecule has 0 spiro atoms. The molecule has 1 aromatic heterocycles. The zero-order chi connectivity index (χ0) is 10.6. The van der Waals surface area contributed by atoms with Gasteiger partial charge in [0.1, 0.15) is 5.82 Å². The quantitative estimate of drug-likeness (QED) is 0.837. The van der Waals surface area contributed by atoms with Gasteiger partial charge < -0.3 is 10.1 Å². The molecule has 0 radical (unpaired) electrons. The summed E-state index contributed by atoms with van der Waals surface area (Å²) in [6.45, 7) is 4.05. The highest BCUT2D eigenvalue weighted by molar-refractivity contribution is 6.30. The minimum Gasteiger partial charge on any atom is -0.380 e. The Hall–Kier alpha value is -0.800. The van der Waals surface area contributed by atoms with E-state index in [1.54, 1.807) is 19.4 Å². The van der Waals surface area contributed by atoms with Crippen LogP contribution in [-0.4, -0.2) is 24.2 Å². The highest BCUT2D eigenvalue weighted by Gasteiger charge is 2.10. The Balaban J connectivity index is 2.56. The second kappa shape index (κ2) is 5.17. The minimum absolute atomic E-state index is 0.146. The van der Waals surface area contributed by atoms with Crippen LogP contribution in [0.25, 0.3) is 0 Å². The van der Waals surface area contributed by atoms with Gasteiger partial charge in [-0.25, -0.2) is 4.98 Å². The van der Waals surface area contributed by atoms with Crippen LogP contribution < -0.4 is 5.32 Å². The van der Waals surface area contributed by atoms with E-state index in [0.717, 1.165) is 5.82 Å². The number of halogens is 1. The van der Waals surface area contributed by atoms with Gasteiger partial charge in [-0.1, -0.05) is 11.6 Å². The number of hydrogen-bond acceptors (Lipinski definition) is 3. The van der Waals surface area contributed by atoms with Gasteiger partial charge in [-0.2, -0.15) is 0 Å². The fraction of sp³-hybridized carbons (Fsp3) is 0.500. The van der Waals surface area contributed by atoms with Crippen molar-refractivity contribution in [1.29, 1.82) is 0 Å². The van der Waals surface area contributed by atoms with Crippen molar-refractivity contribution in [2.75, 3.05) is 12.4 Å². The third-order valence-corrected chi connectivity index (χ3v) is 2.40. The second-order valence-electron chi connectivity index (χ2n) is 3.24. The van der Waals surface area contributed by atoms with Crippen LogP contribution in [0.15, 0.2) is 18.3 Å². The van der Waals surface area contributed by atoms with Crippen molar-refractivity contribution in [3.63, 3.8) is 0 Å². The van der Waals surface area contributed by atoms with Crippen LogP contribution in [0.4, 0.5) is 5.82 Å². The van der Waals surface area contributed by atoms with Gasteiger partial charge in [-0.3, -0.25) is 0 Å². The number of rotatable bonds is 4. The summed E-state index contributed by atoms with van der Waals surface area (Å²) in [4.78, 5) is 4.14. The molecule has 0 bridgehead atoms. The van der Waals surface area contributed by atoms with Crippen LogP contribution in [0.5, 0.6) is 0 Å². The van der Waals surface area contributed by atoms with E-state index in [-0.39, 0.29) is 12.1 Å². The monoisotopic (exact) mass is 214 g/mol. The molecule has 2 atom stereocenters. The van der Waals surface area contributed by atoms with Gasteiger partial charge in [0.2, 0.25) is 0 Å². The van der Waals surface area contributed by atoms with Crippen molar-refractivity contribution in [1.82, 2.24) is 4.98 Å². The van der Waals surface area contributed by atoms with Gasteiger partial charge >= 0.3 is 0 Å². The molecule has 0 aromatic carbocycles. The zero-order valence-electron chi connectivity index (χ0n) is 8.62. The molecule has 0 fully saturated rings. The summed E-state index contributed by atoms with van der Waals surface area (Å²) in [6, 6.07) is 3.87. The van der Waals surface area contributed by atoms with Gasteiger partial charge in [-0.05, 0) is 26.0 Å². The molecular formula is C10H15ClN2O. The Kier molecular flexibility index (Phi) is 4.17. The lowest BCUT2D eigenvalue weighted by Gasteiger charge is -2.20. The maximum Gasteiger partial charge on any atom is 0.126 e. The van der Waals surface area contributed by atoms with Crippen molar-refractivity contribution in [2.24, 2.45) is 0 Å². The van der Waals surface area contributed by atoms with E-state index in [0.29, 0.717) is 5.02 Å². The predicted molar refractivity (Wildman–Crippen MR) is 58.8 cm³/mol. The zero-order valence-corrected chi connectivity index (χ0v) is 9.38. The number of anilines is 1. The van der Waals surface area contributed by atoms with Crippen LogP contribution >= 0.6 is 11.6 Å². The molecule has 1 heterocycles. The Bertz CT molecular complexity index is 276. The van der Waals surface area contributed by atoms with Crippen LogP contribution in [-0.2, 0) is 4.74 Å². The highest BCUT2D eigenvalue weighted by Crippen LogP contribution is 2.11. The fourth-order valence-corrected chi connectivity index (χ4v) is 1.13. The number of nitrogens with one attached hydrogen (secondary N) is 1. The first kappa shape index (κ1) is 11.3. The number of pyridine rings is 1. The summed E-state index contributed by atoms with van der Waals surface area (Å²) >= 11 is 5.72. The average Bonchev–Trinajstić information content (AvgIpc) is 2.20. The van der Waals surface area contributed by atoms with E-state index in [1.807, 2.05) is 19.9 Å². The molecule has 1 N–H and O–H groups in total. The first-order chi connectivity index (χ1) is 6.63. The van der Waals surface area contributed by atoms with Crippen molar-refractivity contribution in [3.05, 3.63) is 23.4 Å². The summed E-state index contributed by atoms with van der Waals surface area (Å²) in [5, 5.41) is 3.87. The number of aromatic nitrogens is 1. The molecule has 4 heteroatoms. The van der Waals surface area contributed by atoms with E-state index >= 15 is 0 Å². The van der Waals surface area contributed by atoms with E-state index in [9.17, 15) is 0 Å². The van der Waals surface area contributed by atoms with Gasteiger partial charge in [0.25, 0.3) is 0 Å². The molecule has 0 amide bonds. The summed E-state index contributed by atoms with van der Waals surface area (Å²) in [5.74, 6) is 0.811. The summed E-state index contributed by atoms with van der Waals surface area (Å²) in [5.41, 5.74) is 0. The van der Waals surface area contributed by atoms with E-state index in [1.165, 1.54) is 0 Å². The van der Waals surface area contributed by atoms with E-state index in [2.05, 4.69) is 10.3 Å². The molecule has 1 aromatic rings. The van der Waals surface area contributed by atoms with Gasteiger partial charge in [0, 0.05) is 13.3 Å². The molecule has 3 nitrogen and oxygen atoms in total. The molecule has 0 saturated carbocycles. The average molecular weight is 215 g/mol. The first-order valence-electron chi connectivity index (χ1n) is 4.54. The molecule has 1 rings (SSSR count). The number of ether oxygens (including phenoxy) is 1. The molecule has 0 saturated heterocycles. The van der Waals surface area contributed by atoms with Gasteiger partial charge in [-0.15, -0.1) is 0 Å². The summed E-state index contributed by atoms with van der Waals surface area (Å²) in [7, 11) is 1.69. The molecule has 0 aliphatic heterocycles. The van der Waals surface area contributed by atoms with Crippen molar-refractivity contribution >= 4 is 17.4 Å². The Labute approximate surface area is 89.4 Å². The summed E-state index contributed by atoms with van der Waals surface area (Å²) < 4.78 is 5.19. The lowest BCUT2D eigenvalue weighted by molar-refractivity contribution is 0.106. The van der Waals surface area contributed by atoms with E-state index < -0.39 is 0 Å². The molecule has 78 valence electrons. The Morgan fingerprint density at radius 3 is 2.64 bits per heavy atom. The number of nitrogens with zero attached hydrogens (tertiary/aromatic N) is 1. The molecule has 0 aliphatic rings. The van der Waals surface area contributed by atoms with Crippen molar-refractivity contribution in [3.8, 4) is 0 Å². The predicted octanol–water partition coefficient (Wildman–Crippen LogP) is 2.57. The van der Waals surface area contributed by atoms with Crippen LogP contribution in [0.3, 0.4) is 0 Å². The lowest BCUT2D eigenvalue weighted by atomic mass is 10.2. The molecular weight excluding hydrogens is 200 g/mol. The minimum atomic E-state index is 0.146. The molecule has 1 unspecified atom stereocenters. The maximum absolute atomic E-state index is 5.72. The Morgan fingerprint density at radius 1 is 1.43 bits per heavy atom. The largest absolute Gasteiger partial charge is 0.380 e. The SMILES string of the molecule is COC(C)[C@@H](C)Nc1ccc(Cl)cn1. The van der Waals surface area contributed by atoms with Gasteiger partial charge in [0.15, 0.2) is 0 Å². The molecule has 0 aliphatic carbocycles. The van der Waals surface area contributed by atoms with Crippen molar-refractivity contribution < 1.29 is 4.74 Å². The smallest absolute Gasteiger partial charge is 0.126 e. The molecule has 14 heavy (non-hydrogen) atoms. The lowest BCUT2D eigenvalue weighted by Crippen LogP contribution is -2.29. The third kappa shape index (κ3) is 3.16. The number of methoxy groups -OCH3 is 1. The summed E-state index contributed by atoms with van der Waals surface area (Å²) in [6.07, 6.45) is 1.76. The number of hydrogen-bond donors (Lipinski definition) is 1. The van der Waals surface area contributed by atoms with E-state index in [4.69, 9.17) is 16.3 Å². The van der Waals surface area contributed by atoms with Crippen LogP contribution in [0.2, 0.25) is 5.02 Å². The topological polar surface area (TPSA) is 34.1 Å². The van der Waals surface area contributed by atoms with Crippen LogP contribution in [0.1, 0.15) is 13.8 Å². The van der Waals surface area contributed by atoms with Crippen LogP contribution in [0, 0.1) is 0 Å². The maximum atomic E-state index is 5.72. The first-order valence-corrected chi connectivity index (χ1v) is 4.92. The third-order valence-electron chi connectivity index (χ3n) is 2.18. The standard InChI is InChI=1S/C10H15ClN2O/c1-7(8(2)14-3)13-10-5-4-9(11)6-12-10/h4-8H,1-3H3,(H,12,13)/t7-,8?/m1/s1. The van der Waals surface area contributed by atoms with Crippen molar-refractivity contribution in [2.45, 2.75) is 26.0 Å². The van der Waals surface area contributed by atoms with Gasteiger partial charge in [0.05, 0.1) is 17.2 Å².